The van der Waals surface area contributed by atoms with Crippen molar-refractivity contribution >= 4 is 12.2 Å². The first kappa shape index (κ1) is 22.2. The summed E-state index contributed by atoms with van der Waals surface area (Å²) in [4.78, 5) is 25.2. The molecule has 4 rings (SSSR count). The molecule has 0 unspecified atom stereocenters. The van der Waals surface area contributed by atoms with Crippen molar-refractivity contribution in [2.45, 2.75) is 12.5 Å². The van der Waals surface area contributed by atoms with Crippen molar-refractivity contribution in [2.75, 3.05) is 27.3 Å². The fourth-order valence-corrected chi connectivity index (χ4v) is 3.27. The van der Waals surface area contributed by atoms with Crippen molar-refractivity contribution in [1.29, 1.82) is 0 Å². The summed E-state index contributed by atoms with van der Waals surface area (Å²) in [6.07, 6.45) is -2.25. The highest BCUT2D eigenvalue weighted by Gasteiger charge is 2.36. The van der Waals surface area contributed by atoms with Gasteiger partial charge in [-0.05, 0) is 18.2 Å². The third kappa shape index (κ3) is 4.47. The van der Waals surface area contributed by atoms with Crippen LogP contribution >= 0.6 is 0 Å². The van der Waals surface area contributed by atoms with Gasteiger partial charge in [-0.25, -0.2) is 8.78 Å². The molecule has 0 atom stereocenters. The number of carbonyl (C=O) groups is 2. The van der Waals surface area contributed by atoms with Crippen molar-refractivity contribution in [3.8, 4) is 28.7 Å². The van der Waals surface area contributed by atoms with Crippen LogP contribution in [0.5, 0.6) is 17.2 Å². The van der Waals surface area contributed by atoms with Gasteiger partial charge in [0.05, 0.1) is 32.9 Å². The molecule has 1 aliphatic rings. The largest absolute Gasteiger partial charge is 0.496 e. The molecule has 1 fully saturated rings. The van der Waals surface area contributed by atoms with Crippen LogP contribution in [0.3, 0.4) is 0 Å². The van der Waals surface area contributed by atoms with Crippen molar-refractivity contribution in [2.24, 2.45) is 0 Å². The standard InChI is InChI=1S/C22H19F2N3O6/c1-30-16-8-18(17(31-2)7-14(16)11-28)32-15-9-27(10-15)22(29)21-26-25-20(33-21)13-5-3-12(4-6-13)19(23)24/h3-8,11,15,19H,9-10H2,1-2H3. The molecule has 0 radical (unpaired) electrons. The first-order valence-electron chi connectivity index (χ1n) is 9.82. The SMILES string of the molecule is COc1cc(OC2CN(C(=O)c3nnc(-c4ccc(C(F)F)cc4)o3)C2)c(OC)cc1C=O. The van der Waals surface area contributed by atoms with Crippen LogP contribution in [0, 0.1) is 0 Å². The number of likely N-dealkylation sites (tertiary alicyclic amines) is 1. The molecule has 0 saturated carbocycles. The van der Waals surface area contributed by atoms with Crippen LogP contribution in [0.15, 0.2) is 40.8 Å². The van der Waals surface area contributed by atoms with Gasteiger partial charge in [-0.15, -0.1) is 10.2 Å². The van der Waals surface area contributed by atoms with E-state index >= 15 is 0 Å². The highest BCUT2D eigenvalue weighted by atomic mass is 19.3. The number of hydrogen-bond acceptors (Lipinski definition) is 8. The van der Waals surface area contributed by atoms with E-state index in [0.717, 1.165) is 0 Å². The average Bonchev–Trinajstić information content (AvgIpc) is 3.30. The molecule has 1 saturated heterocycles. The Morgan fingerprint density at radius 2 is 1.79 bits per heavy atom. The molecule has 11 heteroatoms. The number of rotatable bonds is 8. The summed E-state index contributed by atoms with van der Waals surface area (Å²) in [6, 6.07) is 8.43. The Hall–Kier alpha value is -4.02. The maximum atomic E-state index is 12.7. The first-order chi connectivity index (χ1) is 15.9. The number of aldehydes is 1. The van der Waals surface area contributed by atoms with E-state index in [2.05, 4.69) is 10.2 Å². The van der Waals surface area contributed by atoms with Gasteiger partial charge in [-0.2, -0.15) is 0 Å². The number of aromatic nitrogens is 2. The predicted octanol–water partition coefficient (Wildman–Crippen LogP) is 3.41. The molecule has 1 amide bonds. The zero-order valence-electron chi connectivity index (χ0n) is 17.7. The third-order valence-electron chi connectivity index (χ3n) is 5.09. The lowest BCUT2D eigenvalue weighted by Crippen LogP contribution is -2.56. The number of alkyl halides is 2. The summed E-state index contributed by atoms with van der Waals surface area (Å²) in [5.74, 6) is 0.452. The van der Waals surface area contributed by atoms with Gasteiger partial charge in [0, 0.05) is 17.2 Å². The van der Waals surface area contributed by atoms with Crippen LogP contribution in [0.4, 0.5) is 8.78 Å². The molecular weight excluding hydrogens is 440 g/mol. The molecule has 0 aliphatic carbocycles. The molecule has 33 heavy (non-hydrogen) atoms. The molecule has 2 heterocycles. The zero-order chi connectivity index (χ0) is 23.5. The second kappa shape index (κ2) is 9.23. The van der Waals surface area contributed by atoms with E-state index in [1.54, 1.807) is 6.07 Å². The van der Waals surface area contributed by atoms with Crippen LogP contribution in [0.2, 0.25) is 0 Å². The second-order valence-corrected chi connectivity index (χ2v) is 7.15. The molecular formula is C22H19F2N3O6. The molecule has 0 spiro atoms. The van der Waals surface area contributed by atoms with Gasteiger partial charge in [0.25, 0.3) is 6.43 Å². The molecule has 0 N–H and O–H groups in total. The fourth-order valence-electron chi connectivity index (χ4n) is 3.27. The molecule has 0 bridgehead atoms. The predicted molar refractivity (Wildman–Crippen MR) is 110 cm³/mol. The molecule has 1 aromatic heterocycles. The summed E-state index contributed by atoms with van der Waals surface area (Å²) in [7, 11) is 2.89. The number of halogens is 2. The maximum absolute atomic E-state index is 12.7. The molecule has 3 aromatic rings. The number of benzene rings is 2. The number of hydrogen-bond donors (Lipinski definition) is 0. The number of amides is 1. The van der Waals surface area contributed by atoms with E-state index in [4.69, 9.17) is 18.6 Å². The van der Waals surface area contributed by atoms with Crippen LogP contribution < -0.4 is 14.2 Å². The summed E-state index contributed by atoms with van der Waals surface area (Å²) in [5, 5.41) is 7.59. The van der Waals surface area contributed by atoms with E-state index < -0.39 is 12.3 Å². The first-order valence-corrected chi connectivity index (χ1v) is 9.82. The highest BCUT2D eigenvalue weighted by Crippen LogP contribution is 2.36. The van der Waals surface area contributed by atoms with E-state index in [9.17, 15) is 18.4 Å². The van der Waals surface area contributed by atoms with Crippen molar-refractivity contribution in [3.05, 3.63) is 53.4 Å². The molecule has 172 valence electrons. The Morgan fingerprint density at radius 3 is 2.39 bits per heavy atom. The highest BCUT2D eigenvalue weighted by molar-refractivity contribution is 5.90. The van der Waals surface area contributed by atoms with Crippen LogP contribution in [0.25, 0.3) is 11.5 Å². The average molecular weight is 459 g/mol. The Morgan fingerprint density at radius 1 is 1.09 bits per heavy atom. The summed E-state index contributed by atoms with van der Waals surface area (Å²) >= 11 is 0. The van der Waals surface area contributed by atoms with E-state index in [1.807, 2.05) is 0 Å². The van der Waals surface area contributed by atoms with E-state index in [-0.39, 0.29) is 36.5 Å². The minimum Gasteiger partial charge on any atom is -0.496 e. The second-order valence-electron chi connectivity index (χ2n) is 7.15. The van der Waals surface area contributed by atoms with Crippen LogP contribution in [-0.2, 0) is 0 Å². The quantitative estimate of drug-likeness (QED) is 0.472. The molecule has 9 nitrogen and oxygen atoms in total. The minimum absolute atomic E-state index is 0.0552. The molecule has 1 aliphatic heterocycles. The van der Waals surface area contributed by atoms with Crippen molar-refractivity contribution in [1.82, 2.24) is 15.1 Å². The molecule has 2 aromatic carbocycles. The third-order valence-corrected chi connectivity index (χ3v) is 5.09. The number of ether oxygens (including phenoxy) is 3. The Bertz CT molecular complexity index is 1160. The van der Waals surface area contributed by atoms with Crippen molar-refractivity contribution < 1.29 is 37.0 Å². The van der Waals surface area contributed by atoms with Gasteiger partial charge in [0.2, 0.25) is 5.89 Å². The number of carbonyl (C=O) groups excluding carboxylic acids is 2. The number of nitrogens with zero attached hydrogens (tertiary/aromatic N) is 3. The Labute approximate surface area is 186 Å². The van der Waals surface area contributed by atoms with Gasteiger partial charge in [-0.1, -0.05) is 12.1 Å². The Balaban J connectivity index is 1.39. The van der Waals surface area contributed by atoms with Gasteiger partial charge < -0.3 is 23.5 Å². The normalized spacial score (nSPS) is 13.5. The lowest BCUT2D eigenvalue weighted by Gasteiger charge is -2.38. The summed E-state index contributed by atoms with van der Waals surface area (Å²) in [6.45, 7) is 0.529. The smallest absolute Gasteiger partial charge is 0.311 e. The summed E-state index contributed by atoms with van der Waals surface area (Å²) in [5.41, 5.74) is 0.620. The monoisotopic (exact) mass is 459 g/mol. The summed E-state index contributed by atoms with van der Waals surface area (Å²) < 4.78 is 47.2. The van der Waals surface area contributed by atoms with Crippen LogP contribution in [-0.4, -0.2) is 60.7 Å². The lowest BCUT2D eigenvalue weighted by atomic mass is 10.1. The van der Waals surface area contributed by atoms with E-state index in [0.29, 0.717) is 34.7 Å². The lowest BCUT2D eigenvalue weighted by molar-refractivity contribution is 0.0140. The van der Waals surface area contributed by atoms with Gasteiger partial charge >= 0.3 is 11.8 Å². The minimum atomic E-state index is -2.58. The maximum Gasteiger partial charge on any atom is 0.311 e. The van der Waals surface area contributed by atoms with E-state index in [1.165, 1.54) is 49.5 Å². The van der Waals surface area contributed by atoms with Crippen molar-refractivity contribution in [3.63, 3.8) is 0 Å². The van der Waals surface area contributed by atoms with Gasteiger partial charge in [-0.3, -0.25) is 9.59 Å². The van der Waals surface area contributed by atoms with Gasteiger partial charge in [0.1, 0.15) is 11.9 Å². The van der Waals surface area contributed by atoms with Crippen LogP contribution in [0.1, 0.15) is 33.0 Å². The Kier molecular flexibility index (Phi) is 6.20. The topological polar surface area (TPSA) is 104 Å². The zero-order valence-corrected chi connectivity index (χ0v) is 17.7. The number of methoxy groups -OCH3 is 2. The van der Waals surface area contributed by atoms with Gasteiger partial charge in [0.15, 0.2) is 17.8 Å². The fraction of sp³-hybridized carbons (Fsp3) is 0.273.